The lowest BCUT2D eigenvalue weighted by atomic mass is 10.1. The Morgan fingerprint density at radius 3 is 2.44 bits per heavy atom. The minimum atomic E-state index is -3.74. The molecule has 0 amide bonds. The van der Waals surface area contributed by atoms with E-state index in [1.54, 1.807) is 30.3 Å². The van der Waals surface area contributed by atoms with Crippen LogP contribution in [0.3, 0.4) is 0 Å². The summed E-state index contributed by atoms with van der Waals surface area (Å²) in [5.74, 6) is 0.609. The molecule has 2 aromatic rings. The van der Waals surface area contributed by atoms with E-state index in [4.69, 9.17) is 9.88 Å². The number of hydrogen-bond donors (Lipinski definition) is 1. The third-order valence-electron chi connectivity index (χ3n) is 2.51. The molecule has 2 N–H and O–H groups in total. The molecule has 0 aliphatic heterocycles. The monoisotopic (exact) mass is 263 g/mol. The minimum absolute atomic E-state index is 0.101. The molecule has 4 nitrogen and oxygen atoms in total. The molecule has 18 heavy (non-hydrogen) atoms. The highest BCUT2D eigenvalue weighted by molar-refractivity contribution is 7.89. The van der Waals surface area contributed by atoms with E-state index < -0.39 is 10.0 Å². The van der Waals surface area contributed by atoms with E-state index in [0.29, 0.717) is 23.1 Å². The van der Waals surface area contributed by atoms with Crippen LogP contribution >= 0.6 is 0 Å². The van der Waals surface area contributed by atoms with E-state index in [1.807, 2.05) is 6.07 Å². The van der Waals surface area contributed by atoms with Gasteiger partial charge in [-0.2, -0.15) is 0 Å². The largest absolute Gasteiger partial charge is 0.489 e. The Morgan fingerprint density at radius 1 is 1.17 bits per heavy atom. The van der Waals surface area contributed by atoms with Gasteiger partial charge in [-0.25, -0.2) is 13.6 Å². The van der Waals surface area contributed by atoms with Gasteiger partial charge in [0.15, 0.2) is 0 Å². The first kappa shape index (κ1) is 12.6. The third kappa shape index (κ3) is 2.37. The molecule has 0 aliphatic rings. The normalized spacial score (nSPS) is 11.4. The van der Waals surface area contributed by atoms with E-state index in [1.165, 1.54) is 6.07 Å². The molecule has 2 aromatic carbocycles. The fourth-order valence-electron chi connectivity index (χ4n) is 1.77. The summed E-state index contributed by atoms with van der Waals surface area (Å²) in [7, 11) is -3.74. The molecule has 0 spiro atoms. The van der Waals surface area contributed by atoms with E-state index in [9.17, 15) is 8.42 Å². The number of nitrogens with two attached hydrogens (primary N) is 1. The number of ether oxygens (including phenoxy) is 1. The van der Waals surface area contributed by atoms with Crippen LogP contribution in [0.25, 0.3) is 10.8 Å². The van der Waals surface area contributed by atoms with Crippen LogP contribution in [0.4, 0.5) is 0 Å². The van der Waals surface area contributed by atoms with Crippen molar-refractivity contribution in [2.75, 3.05) is 6.61 Å². The first-order valence-electron chi connectivity index (χ1n) is 5.32. The van der Waals surface area contributed by atoms with E-state index >= 15 is 0 Å². The minimum Gasteiger partial charge on any atom is -0.489 e. The average molecular weight is 263 g/mol. The molecule has 5 heteroatoms. The molecule has 0 radical (unpaired) electrons. The van der Waals surface area contributed by atoms with Crippen LogP contribution in [0.1, 0.15) is 0 Å². The Bertz CT molecular complexity index is 692. The Labute approximate surface area is 106 Å². The first-order valence-corrected chi connectivity index (χ1v) is 6.87. The number of fused-ring (bicyclic) bond motifs is 1. The van der Waals surface area contributed by atoms with Gasteiger partial charge in [-0.15, -0.1) is 0 Å². The van der Waals surface area contributed by atoms with E-state index in [0.717, 1.165) is 0 Å². The lowest BCUT2D eigenvalue weighted by molar-refractivity contribution is 0.367. The SMILES string of the molecule is C=CCOc1ccc(S(N)(=O)=O)c2ccccc12. The van der Waals surface area contributed by atoms with Gasteiger partial charge < -0.3 is 4.74 Å². The Kier molecular flexibility index (Phi) is 3.36. The number of sulfonamides is 1. The summed E-state index contributed by atoms with van der Waals surface area (Å²) in [6, 6.07) is 10.1. The summed E-state index contributed by atoms with van der Waals surface area (Å²) in [4.78, 5) is 0.101. The fourth-order valence-corrected chi connectivity index (χ4v) is 2.51. The second-order valence-electron chi connectivity index (χ2n) is 3.75. The smallest absolute Gasteiger partial charge is 0.238 e. The van der Waals surface area contributed by atoms with Crippen molar-refractivity contribution >= 4 is 20.8 Å². The Balaban J connectivity index is 2.70. The summed E-state index contributed by atoms with van der Waals surface area (Å²) in [6.45, 7) is 3.93. The number of benzene rings is 2. The van der Waals surface area contributed by atoms with Crippen molar-refractivity contribution in [2.24, 2.45) is 5.14 Å². The van der Waals surface area contributed by atoms with Crippen molar-refractivity contribution in [2.45, 2.75) is 4.90 Å². The summed E-state index contributed by atoms with van der Waals surface area (Å²) in [5, 5.41) is 6.46. The number of primary sulfonamides is 1. The fraction of sp³-hybridized carbons (Fsp3) is 0.0769. The molecule has 0 fully saturated rings. The topological polar surface area (TPSA) is 69.4 Å². The molecule has 0 aliphatic carbocycles. The van der Waals surface area contributed by atoms with Crippen molar-refractivity contribution in [1.82, 2.24) is 0 Å². The highest BCUT2D eigenvalue weighted by atomic mass is 32.2. The highest BCUT2D eigenvalue weighted by Crippen LogP contribution is 2.30. The summed E-state index contributed by atoms with van der Waals surface area (Å²) < 4.78 is 28.5. The molecule has 0 unspecified atom stereocenters. The lowest BCUT2D eigenvalue weighted by Crippen LogP contribution is -2.12. The zero-order chi connectivity index (χ0) is 13.2. The lowest BCUT2D eigenvalue weighted by Gasteiger charge is -2.10. The zero-order valence-electron chi connectivity index (χ0n) is 9.67. The maximum Gasteiger partial charge on any atom is 0.238 e. The maximum atomic E-state index is 11.5. The van der Waals surface area contributed by atoms with Gasteiger partial charge in [-0.05, 0) is 12.1 Å². The van der Waals surface area contributed by atoms with Crippen molar-refractivity contribution in [3.05, 3.63) is 49.1 Å². The van der Waals surface area contributed by atoms with Crippen LogP contribution < -0.4 is 9.88 Å². The molecule has 0 atom stereocenters. The van der Waals surface area contributed by atoms with Crippen LogP contribution in [0.2, 0.25) is 0 Å². The van der Waals surface area contributed by atoms with Gasteiger partial charge in [0.2, 0.25) is 10.0 Å². The summed E-state index contributed by atoms with van der Waals surface area (Å²) >= 11 is 0. The molecule has 0 saturated carbocycles. The first-order chi connectivity index (χ1) is 8.54. The van der Waals surface area contributed by atoms with Crippen molar-refractivity contribution in [3.63, 3.8) is 0 Å². The molecule has 0 saturated heterocycles. The molecule has 0 heterocycles. The predicted molar refractivity (Wildman–Crippen MR) is 71.0 cm³/mol. The molecule has 2 rings (SSSR count). The standard InChI is InChI=1S/C13H13NO3S/c1-2-9-17-12-7-8-13(18(14,15)16)11-6-4-3-5-10(11)12/h2-8H,1,9H2,(H2,14,15,16). The molecule has 94 valence electrons. The zero-order valence-corrected chi connectivity index (χ0v) is 10.5. The van der Waals surface area contributed by atoms with Crippen LogP contribution in [0, 0.1) is 0 Å². The van der Waals surface area contributed by atoms with Gasteiger partial charge in [0.1, 0.15) is 12.4 Å². The molecular weight excluding hydrogens is 250 g/mol. The Hall–Kier alpha value is -1.85. The third-order valence-corrected chi connectivity index (χ3v) is 3.48. The molecule has 0 bridgehead atoms. The number of rotatable bonds is 4. The maximum absolute atomic E-state index is 11.5. The van der Waals surface area contributed by atoms with Gasteiger partial charge >= 0.3 is 0 Å². The van der Waals surface area contributed by atoms with Gasteiger partial charge in [0.25, 0.3) is 0 Å². The van der Waals surface area contributed by atoms with Crippen LogP contribution in [-0.4, -0.2) is 15.0 Å². The molecule has 0 aromatic heterocycles. The van der Waals surface area contributed by atoms with Gasteiger partial charge in [0, 0.05) is 10.8 Å². The quantitative estimate of drug-likeness (QED) is 0.858. The highest BCUT2D eigenvalue weighted by Gasteiger charge is 2.14. The van der Waals surface area contributed by atoms with Gasteiger partial charge in [-0.3, -0.25) is 0 Å². The van der Waals surface area contributed by atoms with Crippen LogP contribution in [-0.2, 0) is 10.0 Å². The second-order valence-corrected chi connectivity index (χ2v) is 5.28. The summed E-state index contributed by atoms with van der Waals surface area (Å²) in [5.41, 5.74) is 0. The second kappa shape index (κ2) is 4.80. The van der Waals surface area contributed by atoms with Crippen LogP contribution in [0.5, 0.6) is 5.75 Å². The van der Waals surface area contributed by atoms with E-state index in [-0.39, 0.29) is 4.90 Å². The summed E-state index contributed by atoms with van der Waals surface area (Å²) in [6.07, 6.45) is 1.63. The predicted octanol–water partition coefficient (Wildman–Crippen LogP) is 2.05. The van der Waals surface area contributed by atoms with Crippen LogP contribution in [0.15, 0.2) is 53.9 Å². The van der Waals surface area contributed by atoms with Gasteiger partial charge in [-0.1, -0.05) is 36.9 Å². The molecular formula is C13H13NO3S. The van der Waals surface area contributed by atoms with Crippen molar-refractivity contribution in [1.29, 1.82) is 0 Å². The number of hydrogen-bond acceptors (Lipinski definition) is 3. The van der Waals surface area contributed by atoms with Crippen molar-refractivity contribution < 1.29 is 13.2 Å². The Morgan fingerprint density at radius 2 is 1.83 bits per heavy atom. The average Bonchev–Trinajstić information content (AvgIpc) is 2.34. The van der Waals surface area contributed by atoms with Gasteiger partial charge in [0.05, 0.1) is 4.90 Å². The van der Waals surface area contributed by atoms with Crippen molar-refractivity contribution in [3.8, 4) is 5.75 Å². The van der Waals surface area contributed by atoms with E-state index in [2.05, 4.69) is 6.58 Å².